The molecule has 26 heavy (non-hydrogen) atoms. The number of aryl methyl sites for hydroxylation is 1. The van der Waals surface area contributed by atoms with Crippen LogP contribution in [0, 0.1) is 0 Å². The molecule has 1 amide bonds. The number of nitrogens with one attached hydrogen (secondary N) is 1. The fourth-order valence-corrected chi connectivity index (χ4v) is 4.12. The van der Waals surface area contributed by atoms with Crippen molar-refractivity contribution in [2.45, 2.75) is 30.6 Å². The summed E-state index contributed by atoms with van der Waals surface area (Å²) in [6.45, 7) is 0. The maximum atomic E-state index is 12.5. The van der Waals surface area contributed by atoms with Gasteiger partial charge in [-0.3, -0.25) is 4.79 Å². The standard InChI is InChI=1S/C21H21N3OS/c25-20(14-15-26-17-10-5-2-6-11-17)22-21-18-12-7-13-19(18)23-24(21)16-8-3-1-4-9-16/h1-6,8-11H,7,12-15H2,(H,22,25). The molecule has 0 bridgehead atoms. The van der Waals surface area contributed by atoms with Gasteiger partial charge >= 0.3 is 0 Å². The SMILES string of the molecule is O=C(CCSc1ccccc1)Nc1c2c(nn1-c1ccccc1)CCC2. The number of rotatable bonds is 6. The number of hydrogen-bond donors (Lipinski definition) is 1. The topological polar surface area (TPSA) is 46.9 Å². The Labute approximate surface area is 157 Å². The van der Waals surface area contributed by atoms with Crippen LogP contribution in [0.15, 0.2) is 65.6 Å². The Balaban J connectivity index is 1.46. The monoisotopic (exact) mass is 363 g/mol. The molecular formula is C21H21N3OS. The van der Waals surface area contributed by atoms with Gasteiger partial charge in [0.2, 0.25) is 5.91 Å². The molecule has 1 aliphatic rings. The van der Waals surface area contributed by atoms with Crippen LogP contribution in [-0.2, 0) is 17.6 Å². The van der Waals surface area contributed by atoms with Gasteiger partial charge in [0.1, 0.15) is 5.82 Å². The number of fused-ring (bicyclic) bond motifs is 1. The van der Waals surface area contributed by atoms with Crippen molar-refractivity contribution in [2.75, 3.05) is 11.1 Å². The van der Waals surface area contributed by atoms with E-state index in [1.165, 1.54) is 10.5 Å². The average Bonchev–Trinajstić information content (AvgIpc) is 3.26. The third-order valence-electron chi connectivity index (χ3n) is 4.51. The predicted octanol–water partition coefficient (Wildman–Crippen LogP) is 4.48. The summed E-state index contributed by atoms with van der Waals surface area (Å²) >= 11 is 1.70. The Bertz CT molecular complexity index is 890. The Morgan fingerprint density at radius 2 is 1.77 bits per heavy atom. The smallest absolute Gasteiger partial charge is 0.226 e. The van der Waals surface area contributed by atoms with Crippen molar-refractivity contribution in [3.05, 3.63) is 71.9 Å². The van der Waals surface area contributed by atoms with Crippen molar-refractivity contribution < 1.29 is 4.79 Å². The highest BCUT2D eigenvalue weighted by Crippen LogP contribution is 2.31. The molecule has 0 unspecified atom stereocenters. The molecule has 1 aliphatic carbocycles. The van der Waals surface area contributed by atoms with Gasteiger partial charge in [-0.05, 0) is 43.5 Å². The molecule has 0 radical (unpaired) electrons. The van der Waals surface area contributed by atoms with E-state index >= 15 is 0 Å². The van der Waals surface area contributed by atoms with E-state index in [9.17, 15) is 4.79 Å². The third-order valence-corrected chi connectivity index (χ3v) is 5.52. The van der Waals surface area contributed by atoms with E-state index < -0.39 is 0 Å². The summed E-state index contributed by atoms with van der Waals surface area (Å²) in [7, 11) is 0. The molecule has 1 aromatic heterocycles. The second kappa shape index (κ2) is 7.79. The van der Waals surface area contributed by atoms with Crippen molar-refractivity contribution in [3.8, 4) is 5.69 Å². The Morgan fingerprint density at radius 3 is 2.54 bits per heavy atom. The highest BCUT2D eigenvalue weighted by Gasteiger charge is 2.24. The number of hydrogen-bond acceptors (Lipinski definition) is 3. The van der Waals surface area contributed by atoms with E-state index in [2.05, 4.69) is 17.4 Å². The zero-order valence-corrected chi connectivity index (χ0v) is 15.3. The van der Waals surface area contributed by atoms with E-state index in [1.54, 1.807) is 11.8 Å². The van der Waals surface area contributed by atoms with Gasteiger partial charge in [0, 0.05) is 22.6 Å². The molecule has 4 rings (SSSR count). The molecule has 0 atom stereocenters. The molecule has 3 aromatic rings. The Morgan fingerprint density at radius 1 is 1.04 bits per heavy atom. The number of carbonyl (C=O) groups excluding carboxylic acids is 1. The second-order valence-corrected chi connectivity index (χ2v) is 7.50. The van der Waals surface area contributed by atoms with Crippen LogP contribution in [0.5, 0.6) is 0 Å². The van der Waals surface area contributed by atoms with Crippen LogP contribution in [0.2, 0.25) is 0 Å². The van der Waals surface area contributed by atoms with Crippen molar-refractivity contribution in [3.63, 3.8) is 0 Å². The maximum Gasteiger partial charge on any atom is 0.226 e. The summed E-state index contributed by atoms with van der Waals surface area (Å²) in [4.78, 5) is 13.7. The molecule has 2 aromatic carbocycles. The molecular weight excluding hydrogens is 342 g/mol. The quantitative estimate of drug-likeness (QED) is 0.657. The van der Waals surface area contributed by atoms with Gasteiger partial charge in [0.05, 0.1) is 11.4 Å². The minimum Gasteiger partial charge on any atom is -0.310 e. The molecule has 0 spiro atoms. The zero-order valence-electron chi connectivity index (χ0n) is 14.5. The molecule has 1 N–H and O–H groups in total. The summed E-state index contributed by atoms with van der Waals surface area (Å²) in [5.41, 5.74) is 3.29. The van der Waals surface area contributed by atoms with Gasteiger partial charge in [-0.15, -0.1) is 11.8 Å². The molecule has 4 nitrogen and oxygen atoms in total. The van der Waals surface area contributed by atoms with Gasteiger partial charge in [-0.25, -0.2) is 4.68 Å². The van der Waals surface area contributed by atoms with E-state index in [0.717, 1.165) is 42.2 Å². The first-order valence-corrected chi connectivity index (χ1v) is 9.94. The molecule has 5 heteroatoms. The number of benzene rings is 2. The molecule has 0 saturated heterocycles. The van der Waals surface area contributed by atoms with Crippen LogP contribution in [0.25, 0.3) is 5.69 Å². The first-order chi connectivity index (χ1) is 12.8. The number of para-hydroxylation sites is 1. The fourth-order valence-electron chi connectivity index (χ4n) is 3.25. The summed E-state index contributed by atoms with van der Waals surface area (Å²) in [6.07, 6.45) is 3.56. The highest BCUT2D eigenvalue weighted by atomic mass is 32.2. The summed E-state index contributed by atoms with van der Waals surface area (Å²) < 4.78 is 1.88. The summed E-state index contributed by atoms with van der Waals surface area (Å²) in [6, 6.07) is 20.2. The second-order valence-electron chi connectivity index (χ2n) is 6.33. The van der Waals surface area contributed by atoms with Crippen molar-refractivity contribution in [2.24, 2.45) is 0 Å². The number of carbonyl (C=O) groups is 1. The predicted molar refractivity (Wildman–Crippen MR) is 106 cm³/mol. The maximum absolute atomic E-state index is 12.5. The lowest BCUT2D eigenvalue weighted by Crippen LogP contribution is -2.16. The van der Waals surface area contributed by atoms with Crippen LogP contribution in [0.3, 0.4) is 0 Å². The van der Waals surface area contributed by atoms with Gasteiger partial charge in [0.15, 0.2) is 0 Å². The largest absolute Gasteiger partial charge is 0.310 e. The van der Waals surface area contributed by atoms with Gasteiger partial charge < -0.3 is 5.32 Å². The molecule has 0 aliphatic heterocycles. The van der Waals surface area contributed by atoms with Crippen LogP contribution >= 0.6 is 11.8 Å². The molecule has 0 fully saturated rings. The average molecular weight is 363 g/mol. The van der Waals surface area contributed by atoms with Crippen LogP contribution in [0.4, 0.5) is 5.82 Å². The lowest BCUT2D eigenvalue weighted by molar-refractivity contribution is -0.115. The van der Waals surface area contributed by atoms with Gasteiger partial charge in [0.25, 0.3) is 0 Å². The van der Waals surface area contributed by atoms with E-state index in [4.69, 9.17) is 5.10 Å². The zero-order chi connectivity index (χ0) is 17.8. The fraction of sp³-hybridized carbons (Fsp3) is 0.238. The summed E-state index contributed by atoms with van der Waals surface area (Å²) in [5.74, 6) is 1.65. The number of amides is 1. The number of nitrogens with zero attached hydrogens (tertiary/aromatic N) is 2. The van der Waals surface area contributed by atoms with E-state index in [0.29, 0.717) is 6.42 Å². The highest BCUT2D eigenvalue weighted by molar-refractivity contribution is 7.99. The van der Waals surface area contributed by atoms with E-state index in [1.807, 2.05) is 53.2 Å². The van der Waals surface area contributed by atoms with Crippen LogP contribution in [0.1, 0.15) is 24.1 Å². The minimum absolute atomic E-state index is 0.0419. The number of thioether (sulfide) groups is 1. The molecule has 0 saturated carbocycles. The Hall–Kier alpha value is -2.53. The third kappa shape index (κ3) is 3.68. The van der Waals surface area contributed by atoms with Crippen molar-refractivity contribution in [1.29, 1.82) is 0 Å². The number of aromatic nitrogens is 2. The van der Waals surface area contributed by atoms with Gasteiger partial charge in [-0.1, -0.05) is 36.4 Å². The van der Waals surface area contributed by atoms with Gasteiger partial charge in [-0.2, -0.15) is 5.10 Å². The lowest BCUT2D eigenvalue weighted by atomic mass is 10.2. The minimum atomic E-state index is 0.0419. The molecule has 1 heterocycles. The first-order valence-electron chi connectivity index (χ1n) is 8.95. The van der Waals surface area contributed by atoms with Crippen LogP contribution < -0.4 is 5.32 Å². The van der Waals surface area contributed by atoms with Crippen molar-refractivity contribution >= 4 is 23.5 Å². The first kappa shape index (κ1) is 16.9. The summed E-state index contributed by atoms with van der Waals surface area (Å²) in [5, 5.41) is 7.86. The Kier molecular flexibility index (Phi) is 5.07. The van der Waals surface area contributed by atoms with Crippen molar-refractivity contribution in [1.82, 2.24) is 9.78 Å². The number of anilines is 1. The van der Waals surface area contributed by atoms with Crippen LogP contribution in [-0.4, -0.2) is 21.4 Å². The normalized spacial score (nSPS) is 12.8. The molecule has 132 valence electrons. The lowest BCUT2D eigenvalue weighted by Gasteiger charge is -2.11. The van der Waals surface area contributed by atoms with E-state index in [-0.39, 0.29) is 5.91 Å².